The second-order valence-electron chi connectivity index (χ2n) is 5.32. The Morgan fingerprint density at radius 1 is 1.13 bits per heavy atom. The summed E-state index contributed by atoms with van der Waals surface area (Å²) in [6.07, 6.45) is 0. The fourth-order valence-corrected chi connectivity index (χ4v) is 2.22. The maximum atomic E-state index is 12.2. The molecule has 122 valence electrons. The first-order chi connectivity index (χ1) is 11.0. The van der Waals surface area contributed by atoms with Gasteiger partial charge in [-0.1, -0.05) is 29.8 Å². The molecule has 0 heterocycles. The van der Waals surface area contributed by atoms with Crippen molar-refractivity contribution in [2.45, 2.75) is 13.5 Å². The zero-order valence-corrected chi connectivity index (χ0v) is 14.3. The van der Waals surface area contributed by atoms with Crippen molar-refractivity contribution in [3.63, 3.8) is 0 Å². The summed E-state index contributed by atoms with van der Waals surface area (Å²) >= 11 is 5.86. The van der Waals surface area contributed by atoms with E-state index in [0.29, 0.717) is 23.1 Å². The molecule has 0 N–H and O–H groups in total. The molecule has 0 saturated carbocycles. The maximum absolute atomic E-state index is 12.2. The molecular weight excluding hydrogens is 314 g/mol. The van der Waals surface area contributed by atoms with Crippen LogP contribution in [-0.2, 0) is 11.3 Å². The smallest absolute Gasteiger partial charge is 0.260 e. The Bertz CT molecular complexity index is 670. The summed E-state index contributed by atoms with van der Waals surface area (Å²) in [6, 6.07) is 13.0. The van der Waals surface area contributed by atoms with Crippen LogP contribution in [0.2, 0.25) is 5.02 Å². The topological polar surface area (TPSA) is 38.8 Å². The van der Waals surface area contributed by atoms with Crippen molar-refractivity contribution < 1.29 is 14.3 Å². The third kappa shape index (κ3) is 4.89. The summed E-state index contributed by atoms with van der Waals surface area (Å²) < 4.78 is 10.8. The Balaban J connectivity index is 1.92. The maximum Gasteiger partial charge on any atom is 0.260 e. The first-order valence-corrected chi connectivity index (χ1v) is 7.63. The predicted molar refractivity (Wildman–Crippen MR) is 91.2 cm³/mol. The molecular formula is C18H20ClNO3. The molecule has 0 atom stereocenters. The predicted octanol–water partition coefficient (Wildman–Crippen LogP) is 3.69. The molecule has 0 spiro atoms. The van der Waals surface area contributed by atoms with E-state index in [4.69, 9.17) is 21.1 Å². The number of likely N-dealkylation sites (N-methyl/N-ethyl adjacent to an activating group) is 1. The number of amides is 1. The Hall–Kier alpha value is -2.20. The molecule has 0 fully saturated rings. The highest BCUT2D eigenvalue weighted by Gasteiger charge is 2.12. The Morgan fingerprint density at radius 2 is 1.83 bits per heavy atom. The summed E-state index contributed by atoms with van der Waals surface area (Å²) in [6.45, 7) is 2.44. The molecule has 5 heteroatoms. The van der Waals surface area contributed by atoms with Crippen molar-refractivity contribution in [1.82, 2.24) is 4.90 Å². The van der Waals surface area contributed by atoms with Gasteiger partial charge in [0.15, 0.2) is 18.1 Å². The number of carbonyl (C=O) groups excluding carboxylic acids is 1. The van der Waals surface area contributed by atoms with E-state index in [9.17, 15) is 4.79 Å². The number of hydrogen-bond acceptors (Lipinski definition) is 3. The summed E-state index contributed by atoms with van der Waals surface area (Å²) in [4.78, 5) is 13.8. The first-order valence-electron chi connectivity index (χ1n) is 7.25. The quantitative estimate of drug-likeness (QED) is 0.809. The molecule has 0 bridgehead atoms. The average molecular weight is 334 g/mol. The van der Waals surface area contributed by atoms with Crippen LogP contribution in [-0.4, -0.2) is 31.6 Å². The monoisotopic (exact) mass is 333 g/mol. The number of halogens is 1. The fraction of sp³-hybridized carbons (Fsp3) is 0.278. The van der Waals surface area contributed by atoms with E-state index in [1.807, 2.05) is 43.3 Å². The summed E-state index contributed by atoms with van der Waals surface area (Å²) in [5.74, 6) is 1.08. The fourth-order valence-electron chi connectivity index (χ4n) is 2.10. The van der Waals surface area contributed by atoms with E-state index in [2.05, 4.69) is 0 Å². The molecule has 0 radical (unpaired) electrons. The van der Waals surface area contributed by atoms with E-state index in [1.165, 1.54) is 0 Å². The zero-order chi connectivity index (χ0) is 16.8. The van der Waals surface area contributed by atoms with Crippen LogP contribution in [0, 0.1) is 6.92 Å². The van der Waals surface area contributed by atoms with E-state index >= 15 is 0 Å². The van der Waals surface area contributed by atoms with Gasteiger partial charge in [0, 0.05) is 18.6 Å². The highest BCUT2D eigenvalue weighted by atomic mass is 35.5. The van der Waals surface area contributed by atoms with Crippen molar-refractivity contribution >= 4 is 17.5 Å². The van der Waals surface area contributed by atoms with Crippen molar-refractivity contribution in [3.05, 3.63) is 58.6 Å². The molecule has 2 aromatic carbocycles. The minimum absolute atomic E-state index is 0.0382. The minimum atomic E-state index is -0.109. The van der Waals surface area contributed by atoms with Crippen molar-refractivity contribution in [3.8, 4) is 11.5 Å². The van der Waals surface area contributed by atoms with Gasteiger partial charge in [0.1, 0.15) is 0 Å². The third-order valence-electron chi connectivity index (χ3n) is 3.43. The van der Waals surface area contributed by atoms with Crippen LogP contribution in [0.4, 0.5) is 0 Å². The number of rotatable bonds is 6. The van der Waals surface area contributed by atoms with Gasteiger partial charge in [0.05, 0.1) is 7.11 Å². The average Bonchev–Trinajstić information content (AvgIpc) is 2.55. The molecule has 0 saturated heterocycles. The Labute approximate surface area is 141 Å². The third-order valence-corrected chi connectivity index (χ3v) is 3.68. The van der Waals surface area contributed by atoms with Gasteiger partial charge in [-0.3, -0.25) is 4.79 Å². The van der Waals surface area contributed by atoms with E-state index in [-0.39, 0.29) is 12.5 Å². The lowest BCUT2D eigenvalue weighted by Crippen LogP contribution is -2.31. The van der Waals surface area contributed by atoms with Gasteiger partial charge in [-0.05, 0) is 42.3 Å². The van der Waals surface area contributed by atoms with Gasteiger partial charge in [-0.2, -0.15) is 0 Å². The van der Waals surface area contributed by atoms with Crippen molar-refractivity contribution in [2.75, 3.05) is 20.8 Å². The SMILES string of the molecule is COc1cc(C)ccc1OCC(=O)N(C)Cc1ccc(Cl)cc1. The van der Waals surface area contributed by atoms with Crippen molar-refractivity contribution in [1.29, 1.82) is 0 Å². The van der Waals surface area contributed by atoms with Crippen LogP contribution < -0.4 is 9.47 Å². The molecule has 2 aromatic rings. The molecule has 0 aliphatic rings. The standard InChI is InChI=1S/C18H20ClNO3/c1-13-4-9-16(17(10-13)22-3)23-12-18(21)20(2)11-14-5-7-15(19)8-6-14/h4-10H,11-12H2,1-3H3. The van der Waals surface area contributed by atoms with Crippen LogP contribution in [0.3, 0.4) is 0 Å². The van der Waals surface area contributed by atoms with Crippen LogP contribution in [0.5, 0.6) is 11.5 Å². The molecule has 1 amide bonds. The zero-order valence-electron chi connectivity index (χ0n) is 13.5. The summed E-state index contributed by atoms with van der Waals surface area (Å²) in [7, 11) is 3.32. The second kappa shape index (κ2) is 7.88. The highest BCUT2D eigenvalue weighted by Crippen LogP contribution is 2.27. The van der Waals surface area contributed by atoms with Gasteiger partial charge in [-0.25, -0.2) is 0 Å². The van der Waals surface area contributed by atoms with Crippen LogP contribution in [0.15, 0.2) is 42.5 Å². The van der Waals surface area contributed by atoms with E-state index in [0.717, 1.165) is 11.1 Å². The lowest BCUT2D eigenvalue weighted by molar-refractivity contribution is -0.132. The lowest BCUT2D eigenvalue weighted by atomic mass is 10.2. The van der Waals surface area contributed by atoms with Gasteiger partial charge >= 0.3 is 0 Å². The summed E-state index contributed by atoms with van der Waals surface area (Å²) in [5, 5.41) is 0.678. The second-order valence-corrected chi connectivity index (χ2v) is 5.76. The molecule has 0 aliphatic carbocycles. The minimum Gasteiger partial charge on any atom is -0.493 e. The number of carbonyl (C=O) groups is 1. The van der Waals surface area contributed by atoms with Crippen molar-refractivity contribution in [2.24, 2.45) is 0 Å². The number of aryl methyl sites for hydroxylation is 1. The van der Waals surface area contributed by atoms with Crippen LogP contribution >= 0.6 is 11.6 Å². The molecule has 23 heavy (non-hydrogen) atoms. The van der Waals surface area contributed by atoms with E-state index < -0.39 is 0 Å². The Kier molecular flexibility index (Phi) is 5.88. The van der Waals surface area contributed by atoms with Gasteiger partial charge in [-0.15, -0.1) is 0 Å². The summed E-state index contributed by atoms with van der Waals surface area (Å²) in [5.41, 5.74) is 2.08. The molecule has 0 aromatic heterocycles. The normalized spacial score (nSPS) is 10.3. The molecule has 4 nitrogen and oxygen atoms in total. The number of hydrogen-bond donors (Lipinski definition) is 0. The number of benzene rings is 2. The number of nitrogens with zero attached hydrogens (tertiary/aromatic N) is 1. The molecule has 2 rings (SSSR count). The van der Waals surface area contributed by atoms with Crippen LogP contribution in [0.1, 0.15) is 11.1 Å². The van der Waals surface area contributed by atoms with Gasteiger partial charge in [0.2, 0.25) is 0 Å². The number of methoxy groups -OCH3 is 1. The molecule has 0 aliphatic heterocycles. The van der Waals surface area contributed by atoms with Gasteiger partial charge in [0.25, 0.3) is 5.91 Å². The number of ether oxygens (including phenoxy) is 2. The van der Waals surface area contributed by atoms with Crippen LogP contribution in [0.25, 0.3) is 0 Å². The van der Waals surface area contributed by atoms with E-state index in [1.54, 1.807) is 25.1 Å². The highest BCUT2D eigenvalue weighted by molar-refractivity contribution is 6.30. The largest absolute Gasteiger partial charge is 0.493 e. The van der Waals surface area contributed by atoms with Gasteiger partial charge < -0.3 is 14.4 Å². The first kappa shape index (κ1) is 17.2. The molecule has 0 unspecified atom stereocenters. The Morgan fingerprint density at radius 3 is 2.48 bits per heavy atom. The lowest BCUT2D eigenvalue weighted by Gasteiger charge is -2.18.